The number of benzene rings is 2. The van der Waals surface area contributed by atoms with Gasteiger partial charge in [0.2, 0.25) is 0 Å². The maximum absolute atomic E-state index is 14.1. The van der Waals surface area contributed by atoms with Gasteiger partial charge in [0.1, 0.15) is 23.0 Å². The minimum atomic E-state index is -0.418. The van der Waals surface area contributed by atoms with Gasteiger partial charge in [-0.1, -0.05) is 12.1 Å². The molecule has 4 aromatic rings. The third-order valence-corrected chi connectivity index (χ3v) is 5.50. The van der Waals surface area contributed by atoms with E-state index >= 15 is 0 Å². The Hall–Kier alpha value is -3.72. The lowest BCUT2D eigenvalue weighted by Gasteiger charge is -2.08. The average Bonchev–Trinajstić information content (AvgIpc) is 3.40. The van der Waals surface area contributed by atoms with Crippen LogP contribution in [0.2, 0.25) is 0 Å². The smallest absolute Gasteiger partial charge is 0.260 e. The van der Waals surface area contributed by atoms with Gasteiger partial charge < -0.3 is 9.47 Å². The molecule has 0 saturated heterocycles. The van der Waals surface area contributed by atoms with E-state index in [4.69, 9.17) is 9.47 Å². The third kappa shape index (κ3) is 3.99. The highest BCUT2D eigenvalue weighted by molar-refractivity contribution is 7.14. The van der Waals surface area contributed by atoms with Crippen LogP contribution >= 0.6 is 11.3 Å². The number of ether oxygens (including phenoxy) is 2. The van der Waals surface area contributed by atoms with E-state index < -0.39 is 5.82 Å². The summed E-state index contributed by atoms with van der Waals surface area (Å²) in [5, 5.41) is 9.21. The highest BCUT2D eigenvalue weighted by Crippen LogP contribution is 2.35. The van der Waals surface area contributed by atoms with Gasteiger partial charge in [-0.3, -0.25) is 10.1 Å². The molecule has 31 heavy (non-hydrogen) atoms. The molecule has 0 aliphatic rings. The minimum Gasteiger partial charge on any atom is -0.497 e. The first kappa shape index (κ1) is 20.5. The molecule has 9 heteroatoms. The molecule has 2 aromatic heterocycles. The number of amides is 1. The van der Waals surface area contributed by atoms with E-state index in [1.165, 1.54) is 28.3 Å². The Bertz CT molecular complexity index is 1250. The number of hydrogen-bond donors (Lipinski definition) is 1. The lowest BCUT2D eigenvalue weighted by Crippen LogP contribution is -2.13. The molecular weight excluding hydrogens is 419 g/mol. The zero-order valence-corrected chi connectivity index (χ0v) is 17.9. The summed E-state index contributed by atoms with van der Waals surface area (Å²) in [4.78, 5) is 17.3. The number of carbonyl (C=O) groups excluding carboxylic acids is 1. The number of halogens is 1. The van der Waals surface area contributed by atoms with Crippen molar-refractivity contribution < 1.29 is 18.7 Å². The van der Waals surface area contributed by atoms with Crippen LogP contribution in [-0.2, 0) is 0 Å². The summed E-state index contributed by atoms with van der Waals surface area (Å²) < 4.78 is 26.1. The van der Waals surface area contributed by atoms with Crippen molar-refractivity contribution in [2.24, 2.45) is 0 Å². The zero-order valence-electron chi connectivity index (χ0n) is 17.0. The van der Waals surface area contributed by atoms with Crippen LogP contribution < -0.4 is 14.8 Å². The number of para-hydroxylation sites is 1. The lowest BCUT2D eigenvalue weighted by molar-refractivity contribution is 0.102. The van der Waals surface area contributed by atoms with Gasteiger partial charge in [0.05, 0.1) is 37.4 Å². The van der Waals surface area contributed by atoms with Gasteiger partial charge in [-0.2, -0.15) is 5.10 Å². The van der Waals surface area contributed by atoms with E-state index in [0.717, 1.165) is 5.56 Å². The van der Waals surface area contributed by atoms with Crippen molar-refractivity contribution in [3.05, 3.63) is 71.1 Å². The molecule has 0 radical (unpaired) electrons. The predicted octanol–water partition coefficient (Wildman–Crippen LogP) is 4.71. The number of nitrogens with zero attached hydrogens (tertiary/aromatic N) is 3. The standard InChI is InChI=1S/C22H19FN4O3S/c1-13-16(11-24-27(13)19-7-5-4-6-17(19)23)21(28)26-22-25-18(12-31-22)15-9-8-14(29-2)10-20(15)30-3/h4-12H,1-3H3,(H,25,26,28). The molecule has 0 spiro atoms. The fourth-order valence-electron chi connectivity index (χ4n) is 3.13. The van der Waals surface area contributed by atoms with Crippen LogP contribution in [0, 0.1) is 12.7 Å². The van der Waals surface area contributed by atoms with E-state index in [9.17, 15) is 9.18 Å². The van der Waals surface area contributed by atoms with Gasteiger partial charge >= 0.3 is 0 Å². The normalized spacial score (nSPS) is 10.7. The second-order valence-corrected chi connectivity index (χ2v) is 7.42. The number of aromatic nitrogens is 3. The third-order valence-electron chi connectivity index (χ3n) is 4.74. The number of hydrogen-bond acceptors (Lipinski definition) is 6. The highest BCUT2D eigenvalue weighted by Gasteiger charge is 2.19. The Morgan fingerprint density at radius 3 is 2.71 bits per heavy atom. The van der Waals surface area contributed by atoms with Crippen LogP contribution in [0.3, 0.4) is 0 Å². The summed E-state index contributed by atoms with van der Waals surface area (Å²) >= 11 is 1.29. The van der Waals surface area contributed by atoms with E-state index in [2.05, 4.69) is 15.4 Å². The van der Waals surface area contributed by atoms with Crippen LogP contribution in [0.1, 0.15) is 16.1 Å². The molecule has 0 atom stereocenters. The molecule has 0 fully saturated rings. The van der Waals surface area contributed by atoms with Crippen molar-refractivity contribution in [2.45, 2.75) is 6.92 Å². The van der Waals surface area contributed by atoms with Crippen molar-refractivity contribution >= 4 is 22.4 Å². The van der Waals surface area contributed by atoms with Crippen LogP contribution in [0.25, 0.3) is 16.9 Å². The molecule has 7 nitrogen and oxygen atoms in total. The quantitative estimate of drug-likeness (QED) is 0.472. The van der Waals surface area contributed by atoms with Crippen LogP contribution in [0.4, 0.5) is 9.52 Å². The summed E-state index contributed by atoms with van der Waals surface area (Å²) in [6.45, 7) is 1.71. The summed E-state index contributed by atoms with van der Waals surface area (Å²) in [5.41, 5.74) is 2.59. The van der Waals surface area contributed by atoms with Gasteiger partial charge in [0.15, 0.2) is 5.13 Å². The topological polar surface area (TPSA) is 78.3 Å². The summed E-state index contributed by atoms with van der Waals surface area (Å²) in [6.07, 6.45) is 1.41. The number of rotatable bonds is 6. The minimum absolute atomic E-state index is 0.280. The Morgan fingerprint density at radius 2 is 1.97 bits per heavy atom. The fraction of sp³-hybridized carbons (Fsp3) is 0.136. The van der Waals surface area contributed by atoms with Gasteiger partial charge in [-0.25, -0.2) is 14.1 Å². The molecule has 1 N–H and O–H groups in total. The molecule has 158 valence electrons. The van der Waals surface area contributed by atoms with E-state index in [0.29, 0.717) is 33.6 Å². The SMILES string of the molecule is COc1ccc(-c2csc(NC(=O)c3cnn(-c4ccccc4F)c3C)n2)c(OC)c1. The van der Waals surface area contributed by atoms with Crippen molar-refractivity contribution in [1.29, 1.82) is 0 Å². The van der Waals surface area contributed by atoms with Crippen LogP contribution in [0.5, 0.6) is 11.5 Å². The molecule has 0 aliphatic heterocycles. The molecular formula is C22H19FN4O3S. The molecule has 1 amide bonds. The van der Waals surface area contributed by atoms with Crippen molar-refractivity contribution in [3.63, 3.8) is 0 Å². The molecule has 0 bridgehead atoms. The Morgan fingerprint density at radius 1 is 1.16 bits per heavy atom. The highest BCUT2D eigenvalue weighted by atomic mass is 32.1. The monoisotopic (exact) mass is 438 g/mol. The molecule has 0 aliphatic carbocycles. The van der Waals surface area contributed by atoms with E-state index in [1.807, 2.05) is 17.5 Å². The van der Waals surface area contributed by atoms with E-state index in [-0.39, 0.29) is 11.6 Å². The van der Waals surface area contributed by atoms with Gasteiger partial charge in [-0.15, -0.1) is 11.3 Å². The summed E-state index contributed by atoms with van der Waals surface area (Å²) in [7, 11) is 3.16. The Kier molecular flexibility index (Phi) is 5.68. The van der Waals surface area contributed by atoms with Crippen molar-refractivity contribution in [1.82, 2.24) is 14.8 Å². The maximum Gasteiger partial charge on any atom is 0.260 e. The first-order valence-corrected chi connectivity index (χ1v) is 10.2. The molecule has 4 rings (SSSR count). The number of anilines is 1. The average molecular weight is 438 g/mol. The number of thiazole rings is 1. The van der Waals surface area contributed by atoms with Gasteiger partial charge in [0, 0.05) is 17.0 Å². The van der Waals surface area contributed by atoms with Crippen LogP contribution in [0.15, 0.2) is 54.0 Å². The van der Waals surface area contributed by atoms with Crippen molar-refractivity contribution in [3.8, 4) is 28.4 Å². The Labute approximate surface area is 182 Å². The number of methoxy groups -OCH3 is 2. The number of carbonyl (C=O) groups is 1. The summed E-state index contributed by atoms with van der Waals surface area (Å²) in [6, 6.07) is 11.7. The number of nitrogens with one attached hydrogen (secondary N) is 1. The van der Waals surface area contributed by atoms with Crippen molar-refractivity contribution in [2.75, 3.05) is 19.5 Å². The first-order valence-electron chi connectivity index (χ1n) is 9.30. The van der Waals surface area contributed by atoms with E-state index in [1.54, 1.807) is 45.4 Å². The second kappa shape index (κ2) is 8.57. The molecule has 0 unspecified atom stereocenters. The second-order valence-electron chi connectivity index (χ2n) is 6.57. The van der Waals surface area contributed by atoms with Crippen LogP contribution in [-0.4, -0.2) is 34.9 Å². The van der Waals surface area contributed by atoms with Gasteiger partial charge in [0.25, 0.3) is 5.91 Å². The lowest BCUT2D eigenvalue weighted by atomic mass is 10.1. The molecule has 2 aromatic carbocycles. The summed E-state index contributed by atoms with van der Waals surface area (Å²) in [5.74, 6) is 0.498. The molecule has 0 saturated carbocycles. The first-order chi connectivity index (χ1) is 15.0. The maximum atomic E-state index is 14.1. The Balaban J connectivity index is 1.56. The fourth-order valence-corrected chi connectivity index (χ4v) is 3.83. The largest absolute Gasteiger partial charge is 0.497 e. The predicted molar refractivity (Wildman–Crippen MR) is 117 cm³/mol. The molecule has 2 heterocycles. The van der Waals surface area contributed by atoms with Gasteiger partial charge in [-0.05, 0) is 31.2 Å². The zero-order chi connectivity index (χ0) is 22.0.